The van der Waals surface area contributed by atoms with Gasteiger partial charge in [0.15, 0.2) is 0 Å². The molecule has 35 heavy (non-hydrogen) atoms. The van der Waals surface area contributed by atoms with E-state index < -0.39 is 6.03 Å². The fraction of sp³-hybridized carbons (Fsp3) is 0.286. The molecule has 3 N–H and O–H groups in total. The number of amides is 3. The second-order valence-electron chi connectivity index (χ2n) is 8.84. The van der Waals surface area contributed by atoms with Gasteiger partial charge in [0.1, 0.15) is 0 Å². The Kier molecular flexibility index (Phi) is 8.13. The Labute approximate surface area is 207 Å². The van der Waals surface area contributed by atoms with Crippen molar-refractivity contribution < 1.29 is 9.59 Å². The van der Waals surface area contributed by atoms with Crippen LogP contribution in [0.25, 0.3) is 0 Å². The van der Waals surface area contributed by atoms with E-state index in [1.807, 2.05) is 0 Å². The molecule has 0 bridgehead atoms. The van der Waals surface area contributed by atoms with E-state index in [-0.39, 0.29) is 11.9 Å². The van der Waals surface area contributed by atoms with Gasteiger partial charge < -0.3 is 16.0 Å². The molecule has 4 rings (SSSR count). The molecule has 1 aliphatic heterocycles. The largest absolute Gasteiger partial charge is 0.351 e. The van der Waals surface area contributed by atoms with Crippen LogP contribution in [0.3, 0.4) is 0 Å². The number of nitrogens with zero attached hydrogens (tertiary/aromatic N) is 3. The predicted octanol–water partition coefficient (Wildman–Crippen LogP) is 3.94. The summed E-state index contributed by atoms with van der Waals surface area (Å²) in [5.74, 6) is -0.0186. The van der Waals surface area contributed by atoms with E-state index in [1.54, 1.807) is 31.3 Å². The number of rotatable bonds is 8. The first-order valence-corrected chi connectivity index (χ1v) is 12.0. The number of carbonyl (C=O) groups excluding carboxylic acids is 2. The molecule has 0 radical (unpaired) electrons. The molecule has 0 unspecified atom stereocenters. The highest BCUT2D eigenvalue weighted by molar-refractivity contribution is 5.92. The van der Waals surface area contributed by atoms with E-state index >= 15 is 0 Å². The third-order valence-corrected chi connectivity index (χ3v) is 6.53. The summed E-state index contributed by atoms with van der Waals surface area (Å²) in [6.45, 7) is 4.48. The summed E-state index contributed by atoms with van der Waals surface area (Å²) in [7, 11) is 1.61. The molecule has 1 saturated heterocycles. The Morgan fingerprint density at radius 1 is 0.857 bits per heavy atom. The maximum absolute atomic E-state index is 12.5. The second-order valence-corrected chi connectivity index (χ2v) is 8.84. The summed E-state index contributed by atoms with van der Waals surface area (Å²) in [5, 5.41) is 2.94. The van der Waals surface area contributed by atoms with Gasteiger partial charge in [-0.2, -0.15) is 0 Å². The Bertz CT molecular complexity index is 1060. The van der Waals surface area contributed by atoms with Gasteiger partial charge in [-0.15, -0.1) is 0 Å². The first kappa shape index (κ1) is 24.4. The maximum Gasteiger partial charge on any atom is 0.318 e. The van der Waals surface area contributed by atoms with Crippen LogP contribution in [0.1, 0.15) is 23.6 Å². The number of hydrogen-bond donors (Lipinski definition) is 2. The zero-order valence-corrected chi connectivity index (χ0v) is 20.1. The molecular weight excluding hydrogens is 438 g/mol. The Hall–Kier alpha value is -3.68. The van der Waals surface area contributed by atoms with Crippen molar-refractivity contribution in [3.63, 3.8) is 0 Å². The summed E-state index contributed by atoms with van der Waals surface area (Å²) in [6.07, 6.45) is 0.434. The second kappa shape index (κ2) is 11.6. The molecule has 0 atom stereocenters. The summed E-state index contributed by atoms with van der Waals surface area (Å²) in [5.41, 5.74) is 9.28. The van der Waals surface area contributed by atoms with Gasteiger partial charge in [0, 0.05) is 57.6 Å². The van der Waals surface area contributed by atoms with Crippen LogP contribution < -0.4 is 16.0 Å². The minimum absolute atomic E-state index is 0.0186. The fourth-order valence-corrected chi connectivity index (χ4v) is 4.51. The molecule has 0 aromatic heterocycles. The van der Waals surface area contributed by atoms with Crippen LogP contribution in [0, 0.1) is 0 Å². The highest BCUT2D eigenvalue weighted by Crippen LogP contribution is 2.29. The lowest BCUT2D eigenvalue weighted by Gasteiger charge is -2.39. The molecule has 1 heterocycles. The van der Waals surface area contributed by atoms with Crippen molar-refractivity contribution in [2.75, 3.05) is 50.0 Å². The van der Waals surface area contributed by atoms with Crippen molar-refractivity contribution in [2.45, 2.75) is 12.5 Å². The number of hydrogen-bond acceptors (Lipinski definition) is 4. The molecule has 3 aromatic carbocycles. The van der Waals surface area contributed by atoms with E-state index in [9.17, 15) is 9.59 Å². The lowest BCUT2D eigenvalue weighted by atomic mass is 9.96. The number of urea groups is 1. The van der Waals surface area contributed by atoms with Gasteiger partial charge in [0.2, 0.25) is 5.91 Å². The van der Waals surface area contributed by atoms with Crippen molar-refractivity contribution in [1.29, 1.82) is 0 Å². The molecular formula is C28H33N5O2. The number of nitrogens with one attached hydrogen (secondary N) is 1. The van der Waals surface area contributed by atoms with Crippen LogP contribution in [0.4, 0.5) is 16.2 Å². The van der Waals surface area contributed by atoms with Gasteiger partial charge in [-0.3, -0.25) is 14.6 Å². The lowest BCUT2D eigenvalue weighted by molar-refractivity contribution is -0.116. The van der Waals surface area contributed by atoms with Crippen LogP contribution in [-0.4, -0.2) is 61.5 Å². The average molecular weight is 472 g/mol. The zero-order chi connectivity index (χ0) is 24.6. The highest BCUT2D eigenvalue weighted by Gasteiger charge is 2.26. The molecule has 3 amide bonds. The number of primary amides is 1. The standard InChI is InChI=1S/C28H33N5O2/c1-31(28(29)35)25-14-12-24(13-15-25)30-26(34)16-17-32-18-20-33(21-19-32)27(22-8-4-2-5-9-22)23-10-6-3-7-11-23/h2-15,27H,16-21H2,1H3,(H2,29,35)(H,30,34). The van der Waals surface area contributed by atoms with E-state index in [0.717, 1.165) is 32.7 Å². The van der Waals surface area contributed by atoms with Crippen molar-refractivity contribution in [1.82, 2.24) is 9.80 Å². The molecule has 0 spiro atoms. The normalized spacial score (nSPS) is 14.6. The molecule has 1 aliphatic rings. The lowest BCUT2D eigenvalue weighted by Crippen LogP contribution is -2.48. The number of piperazine rings is 1. The maximum atomic E-state index is 12.5. The molecule has 0 aliphatic carbocycles. The van der Waals surface area contributed by atoms with E-state index in [2.05, 4.69) is 75.8 Å². The first-order valence-electron chi connectivity index (χ1n) is 12.0. The Balaban J connectivity index is 1.28. The Morgan fingerprint density at radius 3 is 1.91 bits per heavy atom. The highest BCUT2D eigenvalue weighted by atomic mass is 16.2. The topological polar surface area (TPSA) is 81.9 Å². The molecule has 0 saturated carbocycles. The minimum atomic E-state index is -0.527. The van der Waals surface area contributed by atoms with Crippen LogP contribution in [0.15, 0.2) is 84.9 Å². The van der Waals surface area contributed by atoms with Gasteiger partial charge in [-0.25, -0.2) is 4.79 Å². The smallest absolute Gasteiger partial charge is 0.318 e. The average Bonchev–Trinajstić information content (AvgIpc) is 2.89. The van der Waals surface area contributed by atoms with Crippen LogP contribution in [0.5, 0.6) is 0 Å². The molecule has 1 fully saturated rings. The van der Waals surface area contributed by atoms with Gasteiger partial charge in [0.05, 0.1) is 6.04 Å². The number of anilines is 2. The van der Waals surface area contributed by atoms with Crippen LogP contribution >= 0.6 is 0 Å². The van der Waals surface area contributed by atoms with Gasteiger partial charge in [0.25, 0.3) is 0 Å². The third kappa shape index (κ3) is 6.47. The quantitative estimate of drug-likeness (QED) is 0.521. The number of benzene rings is 3. The van der Waals surface area contributed by atoms with E-state index in [4.69, 9.17) is 5.73 Å². The van der Waals surface area contributed by atoms with Gasteiger partial charge in [-0.1, -0.05) is 60.7 Å². The zero-order valence-electron chi connectivity index (χ0n) is 20.1. The third-order valence-electron chi connectivity index (χ3n) is 6.53. The molecule has 7 nitrogen and oxygen atoms in total. The summed E-state index contributed by atoms with van der Waals surface area (Å²) in [4.78, 5) is 30.0. The van der Waals surface area contributed by atoms with Crippen molar-refractivity contribution in [3.8, 4) is 0 Å². The summed E-state index contributed by atoms with van der Waals surface area (Å²) < 4.78 is 0. The summed E-state index contributed by atoms with van der Waals surface area (Å²) in [6, 6.07) is 28.1. The predicted molar refractivity (Wildman–Crippen MR) is 140 cm³/mol. The summed E-state index contributed by atoms with van der Waals surface area (Å²) >= 11 is 0. The Morgan fingerprint density at radius 2 is 1.40 bits per heavy atom. The van der Waals surface area contributed by atoms with Gasteiger partial charge in [-0.05, 0) is 35.4 Å². The number of nitrogens with two attached hydrogens (primary N) is 1. The molecule has 182 valence electrons. The van der Waals surface area contributed by atoms with E-state index in [0.29, 0.717) is 17.8 Å². The van der Waals surface area contributed by atoms with Crippen molar-refractivity contribution in [2.24, 2.45) is 5.73 Å². The fourth-order valence-electron chi connectivity index (χ4n) is 4.51. The monoisotopic (exact) mass is 471 g/mol. The van der Waals surface area contributed by atoms with Crippen molar-refractivity contribution in [3.05, 3.63) is 96.1 Å². The molecule has 3 aromatic rings. The van der Waals surface area contributed by atoms with Crippen LogP contribution in [0.2, 0.25) is 0 Å². The van der Waals surface area contributed by atoms with Gasteiger partial charge >= 0.3 is 6.03 Å². The first-order chi connectivity index (χ1) is 17.0. The van der Waals surface area contributed by atoms with E-state index in [1.165, 1.54) is 16.0 Å². The molecule has 7 heteroatoms. The number of carbonyl (C=O) groups is 2. The van der Waals surface area contributed by atoms with Crippen LogP contribution in [-0.2, 0) is 4.79 Å². The SMILES string of the molecule is CN(C(N)=O)c1ccc(NC(=O)CCN2CCN(C(c3ccccc3)c3ccccc3)CC2)cc1. The van der Waals surface area contributed by atoms with Crippen molar-refractivity contribution >= 4 is 23.3 Å². The minimum Gasteiger partial charge on any atom is -0.351 e.